The van der Waals surface area contributed by atoms with E-state index in [9.17, 15) is 5.11 Å². The van der Waals surface area contributed by atoms with Crippen LogP contribution in [0.3, 0.4) is 0 Å². The van der Waals surface area contributed by atoms with Crippen molar-refractivity contribution >= 4 is 27.3 Å². The van der Waals surface area contributed by atoms with Crippen molar-refractivity contribution in [3.63, 3.8) is 0 Å². The summed E-state index contributed by atoms with van der Waals surface area (Å²) in [6.07, 6.45) is 0. The summed E-state index contributed by atoms with van der Waals surface area (Å²) in [5.74, 6) is 0.624. The maximum Gasteiger partial charge on any atom is 0.172 e. The summed E-state index contributed by atoms with van der Waals surface area (Å²) in [6.45, 7) is 3.70. The Labute approximate surface area is 125 Å². The number of hydrogen-bond acceptors (Lipinski definition) is 4. The molecule has 2 aromatic rings. The van der Waals surface area contributed by atoms with Gasteiger partial charge in [-0.1, -0.05) is 0 Å². The average Bonchev–Trinajstić information content (AvgIpc) is 2.79. The van der Waals surface area contributed by atoms with E-state index in [4.69, 9.17) is 4.74 Å². The van der Waals surface area contributed by atoms with E-state index in [1.165, 1.54) is 10.4 Å². The molecule has 0 aliphatic rings. The number of aromatic hydroxyl groups is 1. The first-order chi connectivity index (χ1) is 9.11. The molecule has 2 rings (SSSR count). The van der Waals surface area contributed by atoms with Crippen LogP contribution in [0, 0.1) is 6.92 Å². The van der Waals surface area contributed by atoms with Gasteiger partial charge in [0.15, 0.2) is 11.5 Å². The molecule has 0 amide bonds. The fourth-order valence-electron chi connectivity index (χ4n) is 1.79. The first-order valence-electron chi connectivity index (χ1n) is 5.91. The third-order valence-corrected chi connectivity index (χ3v) is 4.52. The molecule has 0 unspecified atom stereocenters. The van der Waals surface area contributed by atoms with Crippen molar-refractivity contribution in [2.45, 2.75) is 20.0 Å². The fourth-order valence-corrected chi connectivity index (χ4v) is 3.16. The first-order valence-corrected chi connectivity index (χ1v) is 7.58. The van der Waals surface area contributed by atoms with Gasteiger partial charge in [-0.2, -0.15) is 0 Å². The van der Waals surface area contributed by atoms with Crippen LogP contribution in [0.2, 0.25) is 0 Å². The molecule has 0 radical (unpaired) electrons. The van der Waals surface area contributed by atoms with Gasteiger partial charge < -0.3 is 15.2 Å². The largest absolute Gasteiger partial charge is 0.503 e. The van der Waals surface area contributed by atoms with E-state index in [2.05, 4.69) is 39.6 Å². The van der Waals surface area contributed by atoms with Crippen LogP contribution in [0.15, 0.2) is 28.1 Å². The number of thiophene rings is 1. The van der Waals surface area contributed by atoms with E-state index in [1.54, 1.807) is 18.4 Å². The van der Waals surface area contributed by atoms with Gasteiger partial charge in [-0.05, 0) is 57.6 Å². The van der Waals surface area contributed by atoms with Crippen LogP contribution >= 0.6 is 27.3 Å². The topological polar surface area (TPSA) is 41.5 Å². The van der Waals surface area contributed by atoms with Crippen LogP contribution in [0.5, 0.6) is 11.5 Å². The van der Waals surface area contributed by atoms with E-state index < -0.39 is 0 Å². The Morgan fingerprint density at radius 2 is 2.16 bits per heavy atom. The molecule has 0 saturated heterocycles. The molecule has 19 heavy (non-hydrogen) atoms. The number of phenols is 1. The highest BCUT2D eigenvalue weighted by molar-refractivity contribution is 9.10. The Morgan fingerprint density at radius 1 is 1.37 bits per heavy atom. The second-order valence-corrected chi connectivity index (χ2v) is 6.11. The van der Waals surface area contributed by atoms with Crippen LogP contribution in [0.25, 0.3) is 0 Å². The summed E-state index contributed by atoms with van der Waals surface area (Å²) < 4.78 is 5.78. The fraction of sp³-hybridized carbons (Fsp3) is 0.286. The van der Waals surface area contributed by atoms with Crippen LogP contribution in [0.4, 0.5) is 0 Å². The maximum atomic E-state index is 9.74. The van der Waals surface area contributed by atoms with E-state index in [0.29, 0.717) is 10.2 Å². The lowest BCUT2D eigenvalue weighted by Crippen LogP contribution is -2.12. The molecular weight excluding hydrogens is 326 g/mol. The van der Waals surface area contributed by atoms with Crippen molar-refractivity contribution in [2.24, 2.45) is 0 Å². The SMILES string of the molecule is COc1cc(CNCc2sccc2C)cc(Br)c1O. The normalized spacial score (nSPS) is 10.7. The molecule has 0 atom stereocenters. The molecule has 1 aromatic carbocycles. The average molecular weight is 342 g/mol. The van der Waals surface area contributed by atoms with Gasteiger partial charge in [0, 0.05) is 18.0 Å². The van der Waals surface area contributed by atoms with E-state index in [0.717, 1.165) is 18.7 Å². The monoisotopic (exact) mass is 341 g/mol. The zero-order chi connectivity index (χ0) is 13.8. The molecule has 5 heteroatoms. The van der Waals surface area contributed by atoms with Crippen LogP contribution in [-0.2, 0) is 13.1 Å². The molecular formula is C14H16BrNO2S. The second-order valence-electron chi connectivity index (χ2n) is 4.26. The summed E-state index contributed by atoms with van der Waals surface area (Å²) in [5, 5.41) is 15.2. The molecule has 3 nitrogen and oxygen atoms in total. The molecule has 0 aliphatic carbocycles. The number of benzene rings is 1. The quantitative estimate of drug-likeness (QED) is 0.868. The Bertz CT molecular complexity index is 569. The van der Waals surface area contributed by atoms with Crippen molar-refractivity contribution in [3.05, 3.63) is 44.1 Å². The van der Waals surface area contributed by atoms with Gasteiger partial charge >= 0.3 is 0 Å². The predicted octanol–water partition coefficient (Wildman–Crippen LogP) is 3.82. The summed E-state index contributed by atoms with van der Waals surface area (Å²) >= 11 is 5.09. The summed E-state index contributed by atoms with van der Waals surface area (Å²) in [5.41, 5.74) is 2.39. The summed E-state index contributed by atoms with van der Waals surface area (Å²) in [7, 11) is 1.55. The Hall–Kier alpha value is -1.04. The summed E-state index contributed by atoms with van der Waals surface area (Å²) in [6, 6.07) is 5.86. The van der Waals surface area contributed by atoms with Gasteiger partial charge in [0.2, 0.25) is 0 Å². The third kappa shape index (κ3) is 3.49. The first kappa shape index (κ1) is 14.4. The van der Waals surface area contributed by atoms with Crippen LogP contribution in [0.1, 0.15) is 16.0 Å². The zero-order valence-electron chi connectivity index (χ0n) is 10.9. The number of hydrogen-bond donors (Lipinski definition) is 2. The van der Waals surface area contributed by atoms with Crippen molar-refractivity contribution in [2.75, 3.05) is 7.11 Å². The number of rotatable bonds is 5. The van der Waals surface area contributed by atoms with Crippen molar-refractivity contribution in [1.82, 2.24) is 5.32 Å². The number of ether oxygens (including phenoxy) is 1. The highest BCUT2D eigenvalue weighted by Crippen LogP contribution is 2.35. The molecule has 102 valence electrons. The van der Waals surface area contributed by atoms with Gasteiger partial charge in [0.25, 0.3) is 0 Å². The van der Waals surface area contributed by atoms with E-state index in [1.807, 2.05) is 12.1 Å². The Morgan fingerprint density at radius 3 is 2.79 bits per heavy atom. The minimum absolute atomic E-state index is 0.139. The predicted molar refractivity (Wildman–Crippen MR) is 82.0 cm³/mol. The van der Waals surface area contributed by atoms with Crippen molar-refractivity contribution < 1.29 is 9.84 Å². The Balaban J connectivity index is 2.00. The Kier molecular flexibility index (Phi) is 4.85. The number of aryl methyl sites for hydroxylation is 1. The number of phenolic OH excluding ortho intramolecular Hbond substituents is 1. The molecule has 2 N–H and O–H groups in total. The molecule has 0 spiro atoms. The van der Waals surface area contributed by atoms with E-state index in [-0.39, 0.29) is 5.75 Å². The molecule has 1 aromatic heterocycles. The standard InChI is InChI=1S/C14H16BrNO2S/c1-9-3-4-19-13(9)8-16-7-10-5-11(15)14(17)12(6-10)18-2/h3-6,16-17H,7-8H2,1-2H3. The third-order valence-electron chi connectivity index (χ3n) is 2.89. The molecule has 0 fully saturated rings. The van der Waals surface area contributed by atoms with Crippen molar-refractivity contribution in [3.8, 4) is 11.5 Å². The highest BCUT2D eigenvalue weighted by atomic mass is 79.9. The van der Waals surface area contributed by atoms with Gasteiger partial charge in [-0.3, -0.25) is 0 Å². The lowest BCUT2D eigenvalue weighted by Gasteiger charge is -2.10. The smallest absolute Gasteiger partial charge is 0.172 e. The number of halogens is 1. The lowest BCUT2D eigenvalue weighted by molar-refractivity contribution is 0.371. The van der Waals surface area contributed by atoms with Gasteiger partial charge in [0.1, 0.15) is 0 Å². The van der Waals surface area contributed by atoms with Gasteiger partial charge in [-0.25, -0.2) is 0 Å². The molecule has 0 saturated carbocycles. The molecule has 1 heterocycles. The number of nitrogens with one attached hydrogen (secondary N) is 1. The molecule has 0 aliphatic heterocycles. The van der Waals surface area contributed by atoms with Crippen molar-refractivity contribution in [1.29, 1.82) is 0 Å². The van der Waals surface area contributed by atoms with Crippen LogP contribution in [-0.4, -0.2) is 12.2 Å². The molecule has 0 bridgehead atoms. The zero-order valence-corrected chi connectivity index (χ0v) is 13.3. The summed E-state index contributed by atoms with van der Waals surface area (Å²) in [4.78, 5) is 1.35. The van der Waals surface area contributed by atoms with Crippen LogP contribution < -0.4 is 10.1 Å². The van der Waals surface area contributed by atoms with Gasteiger partial charge in [-0.15, -0.1) is 11.3 Å². The minimum Gasteiger partial charge on any atom is -0.503 e. The maximum absolute atomic E-state index is 9.74. The lowest BCUT2D eigenvalue weighted by atomic mass is 10.2. The number of methoxy groups -OCH3 is 1. The van der Waals surface area contributed by atoms with Gasteiger partial charge in [0.05, 0.1) is 11.6 Å². The van der Waals surface area contributed by atoms with E-state index >= 15 is 0 Å². The second kappa shape index (κ2) is 6.41. The minimum atomic E-state index is 0.139. The highest BCUT2D eigenvalue weighted by Gasteiger charge is 2.08.